The monoisotopic (exact) mass is 303 g/mol. The summed E-state index contributed by atoms with van der Waals surface area (Å²) in [5.41, 5.74) is 0.678. The largest absolute Gasteiger partial charge is 0.465 e. The number of benzene rings is 1. The van der Waals surface area contributed by atoms with Crippen LogP contribution in [0.15, 0.2) is 24.3 Å². The van der Waals surface area contributed by atoms with Crippen molar-refractivity contribution in [2.45, 2.75) is 27.2 Å². The van der Waals surface area contributed by atoms with Crippen LogP contribution >= 0.6 is 0 Å². The van der Waals surface area contributed by atoms with Crippen LogP contribution in [0.5, 0.6) is 0 Å². The zero-order chi connectivity index (χ0) is 16.5. The summed E-state index contributed by atoms with van der Waals surface area (Å²) in [4.78, 5) is 37.5. The second-order valence-electron chi connectivity index (χ2n) is 6.56. The van der Waals surface area contributed by atoms with E-state index >= 15 is 0 Å². The van der Waals surface area contributed by atoms with Gasteiger partial charge in [0.15, 0.2) is 0 Å². The highest BCUT2D eigenvalue weighted by atomic mass is 16.5. The number of carbonyl (C=O) groups excluding carboxylic acids is 3. The van der Waals surface area contributed by atoms with Crippen molar-refractivity contribution in [3.63, 3.8) is 0 Å². The summed E-state index contributed by atoms with van der Waals surface area (Å²) in [6, 6.07) is 6.64. The van der Waals surface area contributed by atoms with Gasteiger partial charge >= 0.3 is 5.97 Å². The molecule has 0 saturated carbocycles. The SMILES string of the molecule is COC(=O)c1ccc(N2CC(C(=O)C(C)(C)C)CC2=O)cc1. The van der Waals surface area contributed by atoms with Crippen molar-refractivity contribution in [2.75, 3.05) is 18.6 Å². The predicted molar refractivity (Wildman–Crippen MR) is 82.7 cm³/mol. The molecule has 0 N–H and O–H groups in total. The van der Waals surface area contributed by atoms with Gasteiger partial charge < -0.3 is 9.64 Å². The van der Waals surface area contributed by atoms with Crippen LogP contribution in [0.4, 0.5) is 5.69 Å². The third-order valence-electron chi connectivity index (χ3n) is 3.84. The lowest BCUT2D eigenvalue weighted by atomic mass is 9.82. The number of Topliss-reactive ketones (excluding diaryl/α,β-unsaturated/α-hetero) is 1. The number of anilines is 1. The minimum Gasteiger partial charge on any atom is -0.465 e. The highest BCUT2D eigenvalue weighted by Crippen LogP contribution is 2.30. The lowest BCUT2D eigenvalue weighted by molar-refractivity contribution is -0.131. The molecule has 0 bridgehead atoms. The molecule has 1 saturated heterocycles. The molecule has 5 nitrogen and oxygen atoms in total. The minimum absolute atomic E-state index is 0.0616. The van der Waals surface area contributed by atoms with Gasteiger partial charge in [0.05, 0.1) is 12.7 Å². The molecule has 1 atom stereocenters. The fourth-order valence-electron chi connectivity index (χ4n) is 2.64. The number of hydrogen-bond donors (Lipinski definition) is 0. The van der Waals surface area contributed by atoms with E-state index in [9.17, 15) is 14.4 Å². The molecular formula is C17H21NO4. The quantitative estimate of drug-likeness (QED) is 0.805. The lowest BCUT2D eigenvalue weighted by Crippen LogP contribution is -2.31. The van der Waals surface area contributed by atoms with Gasteiger partial charge in [0.1, 0.15) is 5.78 Å². The number of rotatable bonds is 3. The van der Waals surface area contributed by atoms with Gasteiger partial charge in [-0.3, -0.25) is 9.59 Å². The van der Waals surface area contributed by atoms with E-state index in [4.69, 9.17) is 0 Å². The van der Waals surface area contributed by atoms with Crippen molar-refractivity contribution in [1.82, 2.24) is 0 Å². The number of esters is 1. The fourth-order valence-corrected chi connectivity index (χ4v) is 2.64. The third kappa shape index (κ3) is 3.18. The van der Waals surface area contributed by atoms with Crippen LogP contribution in [0.3, 0.4) is 0 Å². The van der Waals surface area contributed by atoms with Gasteiger partial charge in [0.25, 0.3) is 0 Å². The topological polar surface area (TPSA) is 63.7 Å². The molecule has 0 aliphatic carbocycles. The smallest absolute Gasteiger partial charge is 0.337 e. The van der Waals surface area contributed by atoms with Crippen LogP contribution in [0.2, 0.25) is 0 Å². The Bertz CT molecular complexity index is 598. The van der Waals surface area contributed by atoms with E-state index in [1.54, 1.807) is 29.2 Å². The van der Waals surface area contributed by atoms with Crippen molar-refractivity contribution >= 4 is 23.3 Å². The molecule has 1 aromatic carbocycles. The molecule has 1 aliphatic rings. The van der Waals surface area contributed by atoms with Gasteiger partial charge in [0, 0.05) is 30.0 Å². The molecule has 1 heterocycles. The Morgan fingerprint density at radius 1 is 1.18 bits per heavy atom. The summed E-state index contributed by atoms with van der Waals surface area (Å²) in [7, 11) is 1.32. The highest BCUT2D eigenvalue weighted by Gasteiger charge is 2.39. The van der Waals surface area contributed by atoms with Gasteiger partial charge in [-0.15, -0.1) is 0 Å². The second kappa shape index (κ2) is 5.91. The molecule has 1 fully saturated rings. The zero-order valence-electron chi connectivity index (χ0n) is 13.4. The molecule has 118 valence electrons. The summed E-state index contributed by atoms with van der Waals surface area (Å²) in [6.07, 6.45) is 0.245. The minimum atomic E-state index is -0.449. The summed E-state index contributed by atoms with van der Waals surface area (Å²) < 4.78 is 4.64. The van der Waals surface area contributed by atoms with E-state index in [0.717, 1.165) is 0 Å². The van der Waals surface area contributed by atoms with E-state index in [2.05, 4.69) is 4.74 Å². The van der Waals surface area contributed by atoms with Gasteiger partial charge in [0.2, 0.25) is 5.91 Å². The van der Waals surface area contributed by atoms with Crippen LogP contribution in [-0.2, 0) is 14.3 Å². The Morgan fingerprint density at radius 2 is 1.77 bits per heavy atom. The maximum absolute atomic E-state index is 12.3. The van der Waals surface area contributed by atoms with Gasteiger partial charge in [-0.25, -0.2) is 4.79 Å². The average Bonchev–Trinajstić information content (AvgIpc) is 2.86. The number of hydrogen-bond acceptors (Lipinski definition) is 4. The molecule has 1 unspecified atom stereocenters. The number of amides is 1. The van der Waals surface area contributed by atoms with Crippen molar-refractivity contribution in [2.24, 2.45) is 11.3 Å². The van der Waals surface area contributed by atoms with Crippen molar-refractivity contribution in [1.29, 1.82) is 0 Å². The summed E-state index contributed by atoms with van der Waals surface area (Å²) >= 11 is 0. The summed E-state index contributed by atoms with van der Waals surface area (Å²) in [5.74, 6) is -0.643. The Morgan fingerprint density at radius 3 is 2.27 bits per heavy atom. The molecule has 5 heteroatoms. The summed E-state index contributed by atoms with van der Waals surface area (Å²) in [6.45, 7) is 6.00. The molecule has 0 spiro atoms. The molecule has 1 amide bonds. The Balaban J connectivity index is 2.15. The maximum Gasteiger partial charge on any atom is 0.337 e. The van der Waals surface area contributed by atoms with Crippen molar-refractivity contribution in [3.8, 4) is 0 Å². The van der Waals surface area contributed by atoms with Crippen molar-refractivity contribution in [3.05, 3.63) is 29.8 Å². The van der Waals surface area contributed by atoms with Crippen molar-refractivity contribution < 1.29 is 19.1 Å². The summed E-state index contributed by atoms with van der Waals surface area (Å²) in [5, 5.41) is 0. The van der Waals surface area contributed by atoms with Gasteiger partial charge in [-0.1, -0.05) is 20.8 Å². The number of carbonyl (C=O) groups is 3. The first kappa shape index (κ1) is 16.2. The van der Waals surface area contributed by atoms with E-state index in [1.165, 1.54) is 7.11 Å². The van der Waals surface area contributed by atoms with E-state index in [0.29, 0.717) is 17.8 Å². The number of ether oxygens (including phenoxy) is 1. The normalized spacial score (nSPS) is 18.5. The first-order valence-electron chi connectivity index (χ1n) is 7.27. The molecule has 0 aromatic heterocycles. The van der Waals surface area contributed by atoms with Gasteiger partial charge in [-0.2, -0.15) is 0 Å². The molecule has 1 aliphatic heterocycles. The first-order chi connectivity index (χ1) is 10.2. The van der Waals surface area contributed by atoms with E-state index in [1.807, 2.05) is 20.8 Å². The third-order valence-corrected chi connectivity index (χ3v) is 3.84. The highest BCUT2D eigenvalue weighted by molar-refractivity contribution is 6.02. The lowest BCUT2D eigenvalue weighted by Gasteiger charge is -2.21. The Hall–Kier alpha value is -2.17. The predicted octanol–water partition coefficient (Wildman–Crippen LogP) is 2.44. The van der Waals surface area contributed by atoms with Crippen LogP contribution in [0.1, 0.15) is 37.6 Å². The van der Waals surface area contributed by atoms with Gasteiger partial charge in [-0.05, 0) is 24.3 Å². The molecule has 22 heavy (non-hydrogen) atoms. The van der Waals surface area contributed by atoms with E-state index < -0.39 is 11.4 Å². The Labute approximate surface area is 130 Å². The van der Waals surface area contributed by atoms with Crippen LogP contribution in [-0.4, -0.2) is 31.3 Å². The zero-order valence-corrected chi connectivity index (χ0v) is 13.4. The molecule has 0 radical (unpaired) electrons. The van der Waals surface area contributed by atoms with E-state index in [-0.39, 0.29) is 24.0 Å². The van der Waals surface area contributed by atoms with Crippen LogP contribution in [0, 0.1) is 11.3 Å². The number of methoxy groups -OCH3 is 1. The molecular weight excluding hydrogens is 282 g/mol. The first-order valence-corrected chi connectivity index (χ1v) is 7.27. The molecule has 2 rings (SSSR count). The fraction of sp³-hybridized carbons (Fsp3) is 0.471. The Kier molecular flexibility index (Phi) is 4.35. The molecule has 1 aromatic rings. The van der Waals surface area contributed by atoms with Crippen LogP contribution < -0.4 is 4.90 Å². The standard InChI is InChI=1S/C17H21NO4/c1-17(2,3)15(20)12-9-14(19)18(10-12)13-7-5-11(6-8-13)16(21)22-4/h5-8,12H,9-10H2,1-4H3. The average molecular weight is 303 g/mol. The number of nitrogens with zero attached hydrogens (tertiary/aromatic N) is 1. The number of ketones is 1. The van der Waals surface area contributed by atoms with Crippen LogP contribution in [0.25, 0.3) is 0 Å². The maximum atomic E-state index is 12.3. The second-order valence-corrected chi connectivity index (χ2v) is 6.56.